The zero-order valence-electron chi connectivity index (χ0n) is 9.39. The summed E-state index contributed by atoms with van der Waals surface area (Å²) in [5.41, 5.74) is 1.44. The minimum Gasteiger partial charge on any atom is -0.366 e. The maximum absolute atomic E-state index is 4.45. The van der Waals surface area contributed by atoms with E-state index in [1.54, 1.807) is 0 Å². The number of nitrogens with one attached hydrogen (secondary N) is 1. The van der Waals surface area contributed by atoms with E-state index in [9.17, 15) is 0 Å². The fourth-order valence-electron chi connectivity index (χ4n) is 3.73. The van der Waals surface area contributed by atoms with Gasteiger partial charge in [-0.1, -0.05) is 6.07 Å². The van der Waals surface area contributed by atoms with Crippen LogP contribution in [0.3, 0.4) is 0 Å². The summed E-state index contributed by atoms with van der Waals surface area (Å²) in [4.78, 5) is 7.13. The van der Waals surface area contributed by atoms with Crippen LogP contribution in [-0.2, 0) is 0 Å². The molecule has 3 aliphatic rings. The van der Waals surface area contributed by atoms with Gasteiger partial charge in [0.1, 0.15) is 5.82 Å². The summed E-state index contributed by atoms with van der Waals surface area (Å²) in [6.07, 6.45) is 5.99. The summed E-state index contributed by atoms with van der Waals surface area (Å²) in [7, 11) is 0. The van der Waals surface area contributed by atoms with E-state index >= 15 is 0 Å². The molecule has 0 amide bonds. The van der Waals surface area contributed by atoms with Crippen LogP contribution in [0, 0.1) is 0 Å². The molecule has 84 valence electrons. The fraction of sp³-hybridized carbons (Fsp3) is 0.615. The molecule has 0 radical (unpaired) electrons. The van der Waals surface area contributed by atoms with Gasteiger partial charge >= 0.3 is 0 Å². The van der Waals surface area contributed by atoms with E-state index in [0.717, 1.165) is 11.9 Å². The smallest absolute Gasteiger partial charge is 0.129 e. The number of anilines is 1. The predicted molar refractivity (Wildman–Crippen MR) is 63.6 cm³/mol. The molecule has 1 aromatic heterocycles. The minimum atomic E-state index is 0.643. The SMILES string of the molecule is c1cnc2c(c1)C1CN3CCCC3CC1N2. The van der Waals surface area contributed by atoms with Gasteiger partial charge in [-0.25, -0.2) is 4.98 Å². The van der Waals surface area contributed by atoms with Crippen molar-refractivity contribution in [2.24, 2.45) is 0 Å². The minimum absolute atomic E-state index is 0.643. The molecule has 3 aliphatic heterocycles. The van der Waals surface area contributed by atoms with Crippen LogP contribution in [0.25, 0.3) is 0 Å². The predicted octanol–water partition coefficient (Wildman–Crippen LogP) is 1.83. The molecule has 16 heavy (non-hydrogen) atoms. The maximum Gasteiger partial charge on any atom is 0.129 e. The van der Waals surface area contributed by atoms with Crippen molar-refractivity contribution in [3.8, 4) is 0 Å². The Morgan fingerprint density at radius 1 is 1.44 bits per heavy atom. The molecule has 1 N–H and O–H groups in total. The molecular formula is C13H17N3. The first-order chi connectivity index (χ1) is 7.92. The lowest BCUT2D eigenvalue weighted by Crippen LogP contribution is -2.45. The first-order valence-corrected chi connectivity index (χ1v) is 6.37. The van der Waals surface area contributed by atoms with E-state index in [0.29, 0.717) is 12.0 Å². The molecule has 3 nitrogen and oxygen atoms in total. The number of fused-ring (bicyclic) bond motifs is 4. The van der Waals surface area contributed by atoms with Gasteiger partial charge in [-0.15, -0.1) is 0 Å². The van der Waals surface area contributed by atoms with Crippen LogP contribution in [0.1, 0.15) is 30.7 Å². The van der Waals surface area contributed by atoms with E-state index in [1.807, 2.05) is 6.20 Å². The summed E-state index contributed by atoms with van der Waals surface area (Å²) in [5, 5.41) is 3.61. The van der Waals surface area contributed by atoms with Crippen molar-refractivity contribution in [1.82, 2.24) is 9.88 Å². The molecule has 0 aliphatic carbocycles. The molecule has 3 heteroatoms. The highest BCUT2D eigenvalue weighted by Gasteiger charge is 2.42. The molecule has 3 atom stereocenters. The molecule has 0 aromatic carbocycles. The van der Waals surface area contributed by atoms with Crippen LogP contribution >= 0.6 is 0 Å². The Bertz CT molecular complexity index is 417. The van der Waals surface area contributed by atoms with Crippen LogP contribution in [0.15, 0.2) is 18.3 Å². The average Bonchev–Trinajstić information content (AvgIpc) is 2.88. The van der Waals surface area contributed by atoms with Crippen LogP contribution < -0.4 is 5.32 Å². The van der Waals surface area contributed by atoms with E-state index in [4.69, 9.17) is 0 Å². The van der Waals surface area contributed by atoms with Crippen molar-refractivity contribution in [3.05, 3.63) is 23.9 Å². The normalized spacial score (nSPS) is 36.4. The van der Waals surface area contributed by atoms with Crippen molar-refractivity contribution < 1.29 is 0 Å². The monoisotopic (exact) mass is 215 g/mol. The highest BCUT2D eigenvalue weighted by atomic mass is 15.2. The second-order valence-corrected chi connectivity index (χ2v) is 5.33. The number of nitrogens with zero attached hydrogens (tertiary/aromatic N) is 2. The van der Waals surface area contributed by atoms with Crippen LogP contribution in [0.2, 0.25) is 0 Å². The number of pyridine rings is 1. The Morgan fingerprint density at radius 2 is 2.44 bits per heavy atom. The number of rotatable bonds is 0. The third-order valence-electron chi connectivity index (χ3n) is 4.50. The summed E-state index contributed by atoms with van der Waals surface area (Å²) < 4.78 is 0. The van der Waals surface area contributed by atoms with Gasteiger partial charge < -0.3 is 5.32 Å². The lowest BCUT2D eigenvalue weighted by Gasteiger charge is -2.37. The summed E-state index contributed by atoms with van der Waals surface area (Å²) in [6, 6.07) is 5.79. The highest BCUT2D eigenvalue weighted by molar-refractivity contribution is 5.54. The van der Waals surface area contributed by atoms with E-state index in [1.165, 1.54) is 37.9 Å². The lowest BCUT2D eigenvalue weighted by molar-refractivity contribution is 0.172. The van der Waals surface area contributed by atoms with Gasteiger partial charge in [-0.2, -0.15) is 0 Å². The summed E-state index contributed by atoms with van der Waals surface area (Å²) >= 11 is 0. The molecule has 0 bridgehead atoms. The molecule has 4 rings (SSSR count). The Hall–Kier alpha value is -1.09. The largest absolute Gasteiger partial charge is 0.366 e. The highest BCUT2D eigenvalue weighted by Crippen LogP contribution is 2.42. The Morgan fingerprint density at radius 3 is 3.44 bits per heavy atom. The Balaban J connectivity index is 1.69. The third kappa shape index (κ3) is 1.15. The molecule has 0 spiro atoms. The van der Waals surface area contributed by atoms with Gasteiger partial charge in [0.15, 0.2) is 0 Å². The van der Waals surface area contributed by atoms with E-state index in [2.05, 4.69) is 27.3 Å². The van der Waals surface area contributed by atoms with E-state index < -0.39 is 0 Å². The fourth-order valence-corrected chi connectivity index (χ4v) is 3.73. The van der Waals surface area contributed by atoms with Gasteiger partial charge in [-0.05, 0) is 31.9 Å². The van der Waals surface area contributed by atoms with Gasteiger partial charge in [0.05, 0.1) is 0 Å². The number of piperidine rings is 1. The molecule has 4 heterocycles. The van der Waals surface area contributed by atoms with Crippen molar-refractivity contribution >= 4 is 5.82 Å². The standard InChI is InChI=1S/C13H17N3/c1-4-10-11-8-16-6-2-3-9(16)7-12(11)15-13(10)14-5-1/h1,4-5,9,11-12H,2-3,6-8H2,(H,14,15). The zero-order valence-corrected chi connectivity index (χ0v) is 9.39. The average molecular weight is 215 g/mol. The molecule has 1 aromatic rings. The van der Waals surface area contributed by atoms with E-state index in [-0.39, 0.29) is 0 Å². The van der Waals surface area contributed by atoms with Gasteiger partial charge in [0.2, 0.25) is 0 Å². The van der Waals surface area contributed by atoms with Gasteiger partial charge in [0, 0.05) is 36.3 Å². The second-order valence-electron chi connectivity index (χ2n) is 5.33. The first-order valence-electron chi connectivity index (χ1n) is 6.37. The van der Waals surface area contributed by atoms with Crippen LogP contribution in [0.4, 0.5) is 5.82 Å². The molecule has 2 fully saturated rings. The zero-order chi connectivity index (χ0) is 10.5. The molecule has 2 saturated heterocycles. The summed E-state index contributed by atoms with van der Waals surface area (Å²) in [6.45, 7) is 2.55. The van der Waals surface area contributed by atoms with Crippen molar-refractivity contribution in [3.63, 3.8) is 0 Å². The number of aromatic nitrogens is 1. The topological polar surface area (TPSA) is 28.2 Å². The second kappa shape index (κ2) is 3.20. The van der Waals surface area contributed by atoms with Crippen molar-refractivity contribution in [1.29, 1.82) is 0 Å². The first kappa shape index (κ1) is 8.99. The molecular weight excluding hydrogens is 198 g/mol. The third-order valence-corrected chi connectivity index (χ3v) is 4.50. The molecule has 0 saturated carbocycles. The van der Waals surface area contributed by atoms with Crippen LogP contribution in [-0.4, -0.2) is 35.1 Å². The van der Waals surface area contributed by atoms with Crippen molar-refractivity contribution in [2.45, 2.75) is 37.3 Å². The summed E-state index contributed by atoms with van der Waals surface area (Å²) in [5.74, 6) is 1.82. The van der Waals surface area contributed by atoms with Crippen molar-refractivity contribution in [2.75, 3.05) is 18.4 Å². The van der Waals surface area contributed by atoms with Crippen LogP contribution in [0.5, 0.6) is 0 Å². The Kier molecular flexibility index (Phi) is 1.80. The van der Waals surface area contributed by atoms with Gasteiger partial charge in [0.25, 0.3) is 0 Å². The van der Waals surface area contributed by atoms with Gasteiger partial charge in [-0.3, -0.25) is 4.90 Å². The Labute approximate surface area is 95.9 Å². The maximum atomic E-state index is 4.45. The quantitative estimate of drug-likeness (QED) is 0.715. The lowest BCUT2D eigenvalue weighted by atomic mass is 9.86. The number of hydrogen-bond donors (Lipinski definition) is 1. The molecule has 3 unspecified atom stereocenters. The number of hydrogen-bond acceptors (Lipinski definition) is 3.